The molecule has 2 aromatic heterocycles. The highest BCUT2D eigenvalue weighted by atomic mass is 31.2. The van der Waals surface area contributed by atoms with E-state index in [4.69, 9.17) is 49.4 Å². The van der Waals surface area contributed by atoms with Gasteiger partial charge in [-0.25, -0.2) is 14.6 Å². The molecule has 3 heterocycles. The number of aliphatic hydroxyl groups is 2. The predicted molar refractivity (Wildman–Crippen MR) is 197 cm³/mol. The molecule has 0 spiro atoms. The molecule has 5 atom stereocenters. The molecule has 1 unspecified atom stereocenters. The number of hydrogen-bond acceptors (Lipinski definition) is 14. The summed E-state index contributed by atoms with van der Waals surface area (Å²) < 4.78 is 57.5. The van der Waals surface area contributed by atoms with Crippen LogP contribution >= 0.6 is 15.2 Å². The Morgan fingerprint density at radius 3 is 2.13 bits per heavy atom. The number of aromatic nitrogens is 4. The van der Waals surface area contributed by atoms with Crippen LogP contribution in [0.3, 0.4) is 0 Å². The van der Waals surface area contributed by atoms with E-state index in [1.807, 2.05) is 4.90 Å². The molecule has 1 aliphatic rings. The van der Waals surface area contributed by atoms with Crippen molar-refractivity contribution in [2.45, 2.75) is 64.2 Å². The van der Waals surface area contributed by atoms with E-state index in [1.165, 1.54) is 16.4 Å². The number of aryl methyl sites for hydroxylation is 1. The zero-order valence-corrected chi connectivity index (χ0v) is 32.7. The van der Waals surface area contributed by atoms with Crippen molar-refractivity contribution in [2.24, 2.45) is 0 Å². The van der Waals surface area contributed by atoms with Crippen molar-refractivity contribution in [3.8, 4) is 12.3 Å². The van der Waals surface area contributed by atoms with Crippen LogP contribution in [-0.2, 0) is 49.3 Å². The first-order valence-electron chi connectivity index (χ1n) is 17.3. The molecule has 5 N–H and O–H groups in total. The Kier molecular flexibility index (Phi) is 16.1. The third-order valence-corrected chi connectivity index (χ3v) is 11.7. The lowest BCUT2D eigenvalue weighted by molar-refractivity contribution is -0.0541. The van der Waals surface area contributed by atoms with E-state index >= 15 is 0 Å². The number of nitrogens with zero attached hydrogens (tertiary/aromatic N) is 5. The summed E-state index contributed by atoms with van der Waals surface area (Å²) >= 11 is 0. The van der Waals surface area contributed by atoms with Crippen molar-refractivity contribution in [3.63, 3.8) is 0 Å². The van der Waals surface area contributed by atoms with Crippen LogP contribution < -0.4 is 4.90 Å². The van der Waals surface area contributed by atoms with Crippen molar-refractivity contribution >= 4 is 32.0 Å². The van der Waals surface area contributed by atoms with Crippen LogP contribution in [0.4, 0.5) is 5.82 Å². The highest BCUT2D eigenvalue weighted by molar-refractivity contribution is 7.70. The standard InChI is InChI=1S/C34H51N5O13P2/c1-6-12-47-14-16-49-18-19-50-17-15-48-13-11-38(21-25-7-9-26(10-8-25)34(3,4)5)31-27-20-35-39(32(27)37-24(2)36-31)33-30(41)29(40)28(52-33)22-51-54(45,46)23-53(42,43)44/h1,7-10,20,28-30,33,40-41H,11-19,21-23H2,2-5H3,(H,45,46)(H2,42,43,44)/t28-,29-,30-,33-/m1/s1. The summed E-state index contributed by atoms with van der Waals surface area (Å²) in [5.74, 6) is 1.91. The summed E-state index contributed by atoms with van der Waals surface area (Å²) in [4.78, 5) is 39.4. The summed E-state index contributed by atoms with van der Waals surface area (Å²) in [5, 5.41) is 26.6. The van der Waals surface area contributed by atoms with Gasteiger partial charge in [-0.1, -0.05) is 51.0 Å². The molecule has 3 aromatic rings. The van der Waals surface area contributed by atoms with Crippen LogP contribution in [0.25, 0.3) is 11.0 Å². The van der Waals surface area contributed by atoms with Crippen LogP contribution in [0.5, 0.6) is 0 Å². The van der Waals surface area contributed by atoms with Crippen molar-refractivity contribution in [1.29, 1.82) is 0 Å². The highest BCUT2D eigenvalue weighted by Crippen LogP contribution is 2.55. The van der Waals surface area contributed by atoms with Gasteiger partial charge < -0.3 is 58.0 Å². The number of fused-ring (bicyclic) bond motifs is 1. The second-order valence-electron chi connectivity index (χ2n) is 13.7. The summed E-state index contributed by atoms with van der Waals surface area (Å²) in [6.07, 6.45) is 0.887. The third-order valence-electron chi connectivity index (χ3n) is 8.23. The largest absolute Gasteiger partial charge is 0.387 e. The first-order chi connectivity index (χ1) is 25.5. The van der Waals surface area contributed by atoms with E-state index in [1.54, 1.807) is 6.92 Å². The van der Waals surface area contributed by atoms with Gasteiger partial charge in [0.05, 0.1) is 64.4 Å². The zero-order valence-electron chi connectivity index (χ0n) is 30.9. The normalized spacial score (nSPS) is 20.3. The zero-order chi connectivity index (χ0) is 39.5. The molecule has 4 rings (SSSR count). The Bertz CT molecular complexity index is 1780. The minimum Gasteiger partial charge on any atom is -0.387 e. The Balaban J connectivity index is 1.47. The lowest BCUT2D eigenvalue weighted by atomic mass is 9.87. The van der Waals surface area contributed by atoms with E-state index < -0.39 is 52.2 Å². The molecule has 54 heavy (non-hydrogen) atoms. The summed E-state index contributed by atoms with van der Waals surface area (Å²) in [6.45, 7) is 11.3. The molecule has 0 bridgehead atoms. The van der Waals surface area contributed by atoms with Crippen LogP contribution in [-0.4, -0.2) is 135 Å². The predicted octanol–water partition coefficient (Wildman–Crippen LogP) is 2.09. The van der Waals surface area contributed by atoms with Gasteiger partial charge in [-0.15, -0.1) is 6.42 Å². The van der Waals surface area contributed by atoms with Crippen molar-refractivity contribution in [2.75, 3.05) is 76.8 Å². The van der Waals surface area contributed by atoms with Crippen LogP contribution in [0.2, 0.25) is 0 Å². The summed E-state index contributed by atoms with van der Waals surface area (Å²) in [7, 11) is -9.61. The Morgan fingerprint density at radius 1 is 0.926 bits per heavy atom. The molecule has 1 fully saturated rings. The third kappa shape index (κ3) is 13.1. The molecule has 20 heteroatoms. The Morgan fingerprint density at radius 2 is 1.54 bits per heavy atom. The molecule has 0 radical (unpaired) electrons. The lowest BCUT2D eigenvalue weighted by Gasteiger charge is -2.26. The molecule has 0 aliphatic carbocycles. The molecule has 18 nitrogen and oxygen atoms in total. The molecule has 0 saturated carbocycles. The SMILES string of the molecule is C#CCOCCOCCOCCOCCN(Cc1ccc(C(C)(C)C)cc1)c1nc(C)nc2c1cnn2[C@@H]1O[C@H](COP(=O)(O)CP(=O)(O)O)[C@@H](O)[C@H]1O. The van der Waals surface area contributed by atoms with Crippen molar-refractivity contribution < 1.29 is 62.2 Å². The van der Waals surface area contributed by atoms with Gasteiger partial charge in [-0.2, -0.15) is 5.10 Å². The van der Waals surface area contributed by atoms with Gasteiger partial charge in [-0.05, 0) is 23.5 Å². The number of terminal acetylenes is 1. The molecular formula is C34H51N5O13P2. The van der Waals surface area contributed by atoms with Gasteiger partial charge in [0.1, 0.15) is 36.6 Å². The van der Waals surface area contributed by atoms with Gasteiger partial charge in [0.15, 0.2) is 17.8 Å². The lowest BCUT2D eigenvalue weighted by Crippen LogP contribution is -2.34. The first-order valence-corrected chi connectivity index (χ1v) is 20.9. The quantitative estimate of drug-likeness (QED) is 0.0556. The van der Waals surface area contributed by atoms with Crippen molar-refractivity contribution in [1.82, 2.24) is 19.7 Å². The van der Waals surface area contributed by atoms with E-state index in [9.17, 15) is 24.2 Å². The van der Waals surface area contributed by atoms with Crippen molar-refractivity contribution in [3.05, 3.63) is 47.4 Å². The molecule has 1 saturated heterocycles. The molecule has 1 aliphatic heterocycles. The maximum absolute atomic E-state index is 12.2. The second kappa shape index (κ2) is 19.8. The van der Waals surface area contributed by atoms with E-state index in [2.05, 4.69) is 61.0 Å². The Labute approximate surface area is 314 Å². The van der Waals surface area contributed by atoms with Crippen LogP contribution in [0, 0.1) is 19.3 Å². The van der Waals surface area contributed by atoms with Gasteiger partial charge in [0, 0.05) is 13.1 Å². The fraction of sp³-hybridized carbons (Fsp3) is 0.618. The monoisotopic (exact) mass is 799 g/mol. The highest BCUT2D eigenvalue weighted by Gasteiger charge is 2.46. The van der Waals surface area contributed by atoms with Gasteiger partial charge in [0.2, 0.25) is 0 Å². The minimum atomic E-state index is -4.87. The molecule has 300 valence electrons. The topological polar surface area (TPSA) is 238 Å². The average molecular weight is 800 g/mol. The van der Waals surface area contributed by atoms with E-state index in [0.29, 0.717) is 76.4 Å². The number of hydrogen-bond donors (Lipinski definition) is 5. The fourth-order valence-corrected chi connectivity index (χ4v) is 8.10. The number of rotatable bonds is 22. The smallest absolute Gasteiger partial charge is 0.340 e. The molecule has 0 amide bonds. The minimum absolute atomic E-state index is 0.0202. The van der Waals surface area contributed by atoms with E-state index in [0.717, 1.165) is 5.56 Å². The number of aliphatic hydroxyl groups excluding tert-OH is 2. The maximum atomic E-state index is 12.2. The van der Waals surface area contributed by atoms with E-state index in [-0.39, 0.29) is 17.7 Å². The van der Waals surface area contributed by atoms with Gasteiger partial charge >= 0.3 is 15.2 Å². The number of anilines is 1. The number of ether oxygens (including phenoxy) is 5. The number of benzene rings is 1. The summed E-state index contributed by atoms with van der Waals surface area (Å²) in [6, 6.07) is 8.33. The van der Waals surface area contributed by atoms with Gasteiger partial charge in [-0.3, -0.25) is 9.13 Å². The molecular weight excluding hydrogens is 748 g/mol. The molecule has 1 aromatic carbocycles. The average Bonchev–Trinajstić information content (AvgIpc) is 3.63. The van der Waals surface area contributed by atoms with Crippen LogP contribution in [0.1, 0.15) is 44.0 Å². The van der Waals surface area contributed by atoms with Gasteiger partial charge in [0.25, 0.3) is 0 Å². The Hall–Kier alpha value is -2.85. The second-order valence-corrected chi connectivity index (χ2v) is 17.7. The fourth-order valence-electron chi connectivity index (χ4n) is 5.53. The summed E-state index contributed by atoms with van der Waals surface area (Å²) in [5.41, 5.74) is 2.48. The maximum Gasteiger partial charge on any atom is 0.340 e. The van der Waals surface area contributed by atoms with Crippen LogP contribution in [0.15, 0.2) is 30.5 Å². The first kappa shape index (κ1) is 43.9.